The normalized spacial score (nSPS) is 18.2. The largest absolute Gasteiger partial charge is 0.239 e. The summed E-state index contributed by atoms with van der Waals surface area (Å²) in [5.41, 5.74) is 2.88. The Labute approximate surface area is 146 Å². The highest BCUT2D eigenvalue weighted by molar-refractivity contribution is 7.94. The molecule has 25 heavy (non-hydrogen) atoms. The van der Waals surface area contributed by atoms with E-state index in [1.54, 1.807) is 0 Å². The van der Waals surface area contributed by atoms with Crippen LogP contribution >= 0.6 is 0 Å². The van der Waals surface area contributed by atoms with E-state index >= 15 is 0 Å². The average molecular weight is 341 g/mol. The summed E-state index contributed by atoms with van der Waals surface area (Å²) < 4.78 is 18.9. The highest BCUT2D eigenvalue weighted by Crippen LogP contribution is 2.46. The van der Waals surface area contributed by atoms with Crippen molar-refractivity contribution in [2.45, 2.75) is 9.79 Å². The monoisotopic (exact) mass is 341 g/mol. The quantitative estimate of drug-likeness (QED) is 0.365. The summed E-state index contributed by atoms with van der Waals surface area (Å²) >= 11 is 0. The predicted octanol–water partition coefficient (Wildman–Crippen LogP) is 6.04. The average Bonchev–Trinajstić information content (AvgIpc) is 2.69. The molecule has 1 atom stereocenters. The molecule has 1 heterocycles. The molecule has 4 aromatic carbocycles. The molecular formula is C22H15NOS. The molecule has 120 valence electrons. The molecule has 0 N–H and O–H groups in total. The topological polar surface area (TPSA) is 29.4 Å². The molecule has 5 rings (SSSR count). The van der Waals surface area contributed by atoms with Gasteiger partial charge in [-0.1, -0.05) is 72.8 Å². The maximum atomic E-state index is 14.1. The Kier molecular flexibility index (Phi) is 3.06. The summed E-state index contributed by atoms with van der Waals surface area (Å²) in [6.07, 6.45) is 0. The van der Waals surface area contributed by atoms with Crippen molar-refractivity contribution in [1.82, 2.24) is 0 Å². The summed E-state index contributed by atoms with van der Waals surface area (Å²) in [6, 6.07) is 29.8. The second kappa shape index (κ2) is 5.30. The van der Waals surface area contributed by atoms with Gasteiger partial charge in [0.1, 0.15) is 9.73 Å². The van der Waals surface area contributed by atoms with E-state index in [2.05, 4.69) is 24.3 Å². The standard InChI is InChI=1S/C22H15NOS/c24-25(17-9-2-1-3-10-17)21-13-7-6-12-19(21)20-15-14-16-8-4-5-11-18(16)22(20)23-25/h1-15H. The van der Waals surface area contributed by atoms with Crippen molar-refractivity contribution in [1.29, 1.82) is 0 Å². The van der Waals surface area contributed by atoms with Crippen LogP contribution < -0.4 is 0 Å². The smallest absolute Gasteiger partial charge is 0.109 e. The highest BCUT2D eigenvalue weighted by Gasteiger charge is 2.27. The first-order chi connectivity index (χ1) is 12.3. The van der Waals surface area contributed by atoms with E-state index in [4.69, 9.17) is 4.36 Å². The van der Waals surface area contributed by atoms with Crippen LogP contribution in [0.4, 0.5) is 5.69 Å². The minimum absolute atomic E-state index is 0.751. The van der Waals surface area contributed by atoms with Gasteiger partial charge in [-0.15, -0.1) is 0 Å². The third kappa shape index (κ3) is 2.06. The molecule has 2 nitrogen and oxygen atoms in total. The summed E-state index contributed by atoms with van der Waals surface area (Å²) in [4.78, 5) is 1.55. The number of hydrogen-bond donors (Lipinski definition) is 0. The number of rotatable bonds is 1. The van der Waals surface area contributed by atoms with Crippen LogP contribution in [0.2, 0.25) is 0 Å². The van der Waals surface area contributed by atoms with E-state index < -0.39 is 9.73 Å². The van der Waals surface area contributed by atoms with E-state index in [9.17, 15) is 4.21 Å². The van der Waals surface area contributed by atoms with Crippen LogP contribution in [-0.4, -0.2) is 4.21 Å². The third-order valence-corrected chi connectivity index (χ3v) is 6.96. The summed E-state index contributed by atoms with van der Waals surface area (Å²) in [5.74, 6) is 0. The fourth-order valence-corrected chi connectivity index (χ4v) is 5.64. The number of nitrogens with zero attached hydrogens (tertiary/aromatic N) is 1. The molecule has 0 spiro atoms. The number of hydrogen-bond acceptors (Lipinski definition) is 2. The lowest BCUT2D eigenvalue weighted by molar-refractivity contribution is 0.676. The number of fused-ring (bicyclic) bond motifs is 5. The van der Waals surface area contributed by atoms with Crippen LogP contribution in [0.25, 0.3) is 21.9 Å². The molecule has 0 radical (unpaired) electrons. The molecule has 0 aromatic heterocycles. The van der Waals surface area contributed by atoms with Crippen molar-refractivity contribution >= 4 is 26.2 Å². The zero-order valence-electron chi connectivity index (χ0n) is 13.4. The Morgan fingerprint density at radius 3 is 2.24 bits per heavy atom. The molecule has 0 fully saturated rings. The van der Waals surface area contributed by atoms with E-state index in [1.807, 2.05) is 66.7 Å². The van der Waals surface area contributed by atoms with Crippen LogP contribution in [-0.2, 0) is 9.73 Å². The molecule has 0 aliphatic carbocycles. The summed E-state index contributed by atoms with van der Waals surface area (Å²) in [6.45, 7) is 0. The minimum atomic E-state index is -2.71. The predicted molar refractivity (Wildman–Crippen MR) is 103 cm³/mol. The first-order valence-electron chi connectivity index (χ1n) is 8.21. The maximum absolute atomic E-state index is 14.1. The van der Waals surface area contributed by atoms with E-state index in [0.717, 1.165) is 37.4 Å². The Morgan fingerprint density at radius 2 is 1.36 bits per heavy atom. The SMILES string of the molecule is O=S1(c2ccccc2)=Nc2c(ccc3ccccc23)-c2ccccc21. The van der Waals surface area contributed by atoms with Crippen LogP contribution in [0.15, 0.2) is 105 Å². The first-order valence-corrected chi connectivity index (χ1v) is 9.72. The van der Waals surface area contributed by atoms with E-state index in [1.165, 1.54) is 0 Å². The fourth-order valence-electron chi connectivity index (χ4n) is 3.46. The summed E-state index contributed by atoms with van der Waals surface area (Å²) in [5, 5.41) is 2.15. The van der Waals surface area contributed by atoms with Crippen molar-refractivity contribution in [2.75, 3.05) is 0 Å². The molecule has 0 bridgehead atoms. The minimum Gasteiger partial charge on any atom is -0.239 e. The third-order valence-electron chi connectivity index (χ3n) is 4.66. The van der Waals surface area contributed by atoms with Crippen molar-refractivity contribution in [2.24, 2.45) is 4.36 Å². The van der Waals surface area contributed by atoms with Crippen molar-refractivity contribution < 1.29 is 4.21 Å². The van der Waals surface area contributed by atoms with Gasteiger partial charge in [0.15, 0.2) is 0 Å². The van der Waals surface area contributed by atoms with Crippen LogP contribution in [0.5, 0.6) is 0 Å². The Bertz CT molecular complexity index is 1240. The summed E-state index contributed by atoms with van der Waals surface area (Å²) in [7, 11) is -2.71. The van der Waals surface area contributed by atoms with Gasteiger partial charge in [0.25, 0.3) is 0 Å². The van der Waals surface area contributed by atoms with Gasteiger partial charge >= 0.3 is 0 Å². The fraction of sp³-hybridized carbons (Fsp3) is 0. The number of benzene rings is 4. The first kappa shape index (κ1) is 14.4. The van der Waals surface area contributed by atoms with Crippen LogP contribution in [0.1, 0.15) is 0 Å². The molecule has 1 aliphatic rings. The highest BCUT2D eigenvalue weighted by atomic mass is 32.2. The molecule has 1 aliphatic heterocycles. The van der Waals surface area contributed by atoms with E-state index in [0.29, 0.717) is 0 Å². The Morgan fingerprint density at radius 1 is 0.640 bits per heavy atom. The molecule has 0 saturated heterocycles. The Balaban J connectivity index is 1.98. The molecule has 3 heteroatoms. The van der Waals surface area contributed by atoms with Crippen molar-refractivity contribution in [3.05, 3.63) is 91.0 Å². The molecule has 1 unspecified atom stereocenters. The zero-order chi connectivity index (χ0) is 16.9. The van der Waals surface area contributed by atoms with Gasteiger partial charge < -0.3 is 0 Å². The Hall–Kier alpha value is -2.91. The van der Waals surface area contributed by atoms with Gasteiger partial charge in [-0.25, -0.2) is 4.21 Å². The molecular weight excluding hydrogens is 326 g/mol. The van der Waals surface area contributed by atoms with Crippen LogP contribution in [0, 0.1) is 0 Å². The molecule has 4 aromatic rings. The lowest BCUT2D eigenvalue weighted by atomic mass is 9.98. The maximum Gasteiger partial charge on any atom is 0.109 e. The second-order valence-electron chi connectivity index (χ2n) is 6.11. The lowest BCUT2D eigenvalue weighted by Crippen LogP contribution is -2.07. The van der Waals surface area contributed by atoms with Crippen molar-refractivity contribution in [3.8, 4) is 11.1 Å². The van der Waals surface area contributed by atoms with Gasteiger partial charge in [0.2, 0.25) is 0 Å². The second-order valence-corrected chi connectivity index (χ2v) is 8.25. The van der Waals surface area contributed by atoms with Gasteiger partial charge in [-0.3, -0.25) is 0 Å². The molecule has 0 amide bonds. The van der Waals surface area contributed by atoms with Gasteiger partial charge in [0.05, 0.1) is 15.5 Å². The van der Waals surface area contributed by atoms with Crippen LogP contribution in [0.3, 0.4) is 0 Å². The van der Waals surface area contributed by atoms with Gasteiger partial charge in [-0.05, 0) is 23.6 Å². The van der Waals surface area contributed by atoms with E-state index in [-0.39, 0.29) is 0 Å². The zero-order valence-corrected chi connectivity index (χ0v) is 14.2. The van der Waals surface area contributed by atoms with Gasteiger partial charge in [0, 0.05) is 16.5 Å². The molecule has 0 saturated carbocycles. The van der Waals surface area contributed by atoms with Gasteiger partial charge in [-0.2, -0.15) is 4.36 Å². The van der Waals surface area contributed by atoms with Crippen molar-refractivity contribution in [3.63, 3.8) is 0 Å². The lowest BCUT2D eigenvalue weighted by Gasteiger charge is -2.22.